The van der Waals surface area contributed by atoms with Crippen LogP contribution in [0.4, 0.5) is 5.69 Å². The predicted molar refractivity (Wildman–Crippen MR) is 259 cm³/mol. The highest BCUT2D eigenvalue weighted by atomic mass is 16.7. The molecule has 1 aliphatic heterocycles. The van der Waals surface area contributed by atoms with Crippen molar-refractivity contribution in [3.8, 4) is 23.0 Å². The number of aldehydes is 1. The van der Waals surface area contributed by atoms with Crippen LogP contribution in [0.3, 0.4) is 0 Å². The Kier molecular flexibility index (Phi) is 17.0. The largest absolute Gasteiger partial charge is 0.496 e. The average molecular weight is 928 g/mol. The molecule has 1 heterocycles. The summed E-state index contributed by atoms with van der Waals surface area (Å²) in [7, 11) is 1.50. The summed E-state index contributed by atoms with van der Waals surface area (Å²) in [6.45, 7) is 6.79. The highest BCUT2D eigenvalue weighted by Crippen LogP contribution is 2.62. The van der Waals surface area contributed by atoms with E-state index in [-0.39, 0.29) is 62.2 Å². The van der Waals surface area contributed by atoms with Gasteiger partial charge < -0.3 is 38.9 Å². The lowest BCUT2D eigenvalue weighted by Crippen LogP contribution is -2.70. The van der Waals surface area contributed by atoms with E-state index in [0.717, 1.165) is 48.7 Å². The van der Waals surface area contributed by atoms with E-state index in [9.17, 15) is 29.9 Å². The van der Waals surface area contributed by atoms with E-state index in [4.69, 9.17) is 28.9 Å². The number of ether oxygens (including phenoxy) is 4. The van der Waals surface area contributed by atoms with Gasteiger partial charge in [0.2, 0.25) is 11.7 Å². The molecule has 3 aliphatic rings. The standard InChI is InChI=1S/C54H61N3O11/c1-4-27-56(51(61)26-19-37-17-20-41(21-18-37)57(62)63)50-34-47(55-66-36-38-13-7-6-8-14-38)45-32-39(15-9-11-28-58)44(16-10-12-29-59)52-46-33-43(67-42-22-24-48(64-3)40(31-42)35-60)23-25-49(46)68-54(50,53(45)52)65-30-5-2/h5-8,13-14,17-26,31-33,35,39,44,50,52-53,58-59H,2,4,9-12,15-16,27-30,34,36H2,1,3H3/t39-,44+,50-,52+,53+,54+/m0/s1. The van der Waals surface area contributed by atoms with Crippen LogP contribution in [0.5, 0.6) is 23.0 Å². The number of carbonyl (C=O) groups excluding carboxylic acids is 2. The number of aliphatic hydroxyl groups excluding tert-OH is 2. The molecule has 1 amide bonds. The van der Waals surface area contributed by atoms with E-state index >= 15 is 0 Å². The summed E-state index contributed by atoms with van der Waals surface area (Å²) < 4.78 is 26.3. The van der Waals surface area contributed by atoms with Gasteiger partial charge in [-0.3, -0.25) is 19.7 Å². The fraction of sp³-hybridized carbons (Fsp3) is 0.389. The number of non-ortho nitro benzene ring substituents is 1. The normalized spacial score (nSPS) is 22.0. The van der Waals surface area contributed by atoms with Gasteiger partial charge >= 0.3 is 0 Å². The molecule has 0 bridgehead atoms. The third kappa shape index (κ3) is 11.0. The number of nitro groups is 1. The van der Waals surface area contributed by atoms with E-state index in [1.54, 1.807) is 47.4 Å². The van der Waals surface area contributed by atoms with E-state index in [2.05, 4.69) is 12.7 Å². The molecule has 14 heteroatoms. The molecule has 1 saturated carbocycles. The van der Waals surface area contributed by atoms with Crippen LogP contribution in [-0.4, -0.2) is 83.2 Å². The number of rotatable bonds is 24. The van der Waals surface area contributed by atoms with Crippen molar-refractivity contribution >= 4 is 29.7 Å². The first kappa shape index (κ1) is 49.3. The van der Waals surface area contributed by atoms with E-state index in [0.29, 0.717) is 65.6 Å². The molecule has 358 valence electrons. The Morgan fingerprint density at radius 1 is 0.985 bits per heavy atom. The number of methoxy groups -OCH3 is 1. The summed E-state index contributed by atoms with van der Waals surface area (Å²) in [4.78, 5) is 45.8. The number of hydrogen-bond acceptors (Lipinski definition) is 12. The number of amides is 1. The number of benzene rings is 4. The molecule has 68 heavy (non-hydrogen) atoms. The number of unbranched alkanes of at least 4 members (excludes halogenated alkanes) is 2. The van der Waals surface area contributed by atoms with Crippen LogP contribution in [-0.2, 0) is 21.0 Å². The number of aliphatic hydroxyl groups is 2. The van der Waals surface area contributed by atoms with Crippen molar-refractivity contribution in [3.05, 3.63) is 154 Å². The second-order valence-electron chi connectivity index (χ2n) is 17.4. The third-order valence-electron chi connectivity index (χ3n) is 13.1. The number of hydrogen-bond donors (Lipinski definition) is 2. The van der Waals surface area contributed by atoms with Crippen LogP contribution in [0, 0.1) is 27.9 Å². The third-order valence-corrected chi connectivity index (χ3v) is 13.1. The highest BCUT2D eigenvalue weighted by molar-refractivity contribution is 6.03. The Bertz CT molecular complexity index is 2470. The summed E-state index contributed by atoms with van der Waals surface area (Å²) in [5.41, 5.74) is 4.27. The van der Waals surface area contributed by atoms with Gasteiger partial charge in [-0.15, -0.1) is 6.58 Å². The Morgan fingerprint density at radius 2 is 1.72 bits per heavy atom. The molecule has 1 fully saturated rings. The van der Waals surface area contributed by atoms with Crippen molar-refractivity contribution in [1.82, 2.24) is 4.90 Å². The molecular weight excluding hydrogens is 867 g/mol. The zero-order valence-corrected chi connectivity index (χ0v) is 38.7. The minimum absolute atomic E-state index is 0.00902. The molecule has 6 atom stereocenters. The number of nitro benzene ring substituents is 1. The van der Waals surface area contributed by atoms with Gasteiger partial charge in [-0.2, -0.15) is 0 Å². The average Bonchev–Trinajstić information content (AvgIpc) is 3.36. The highest BCUT2D eigenvalue weighted by Gasteiger charge is 2.65. The van der Waals surface area contributed by atoms with Gasteiger partial charge in [0.25, 0.3) is 5.69 Å². The molecule has 0 aromatic heterocycles. The number of allylic oxidation sites excluding steroid dienone is 1. The fourth-order valence-electron chi connectivity index (χ4n) is 10.1. The summed E-state index contributed by atoms with van der Waals surface area (Å²) in [5, 5.41) is 36.3. The molecule has 4 aromatic carbocycles. The van der Waals surface area contributed by atoms with Gasteiger partial charge in [0, 0.05) is 55.9 Å². The van der Waals surface area contributed by atoms with Gasteiger partial charge in [-0.05, 0) is 115 Å². The molecule has 14 nitrogen and oxygen atoms in total. The number of nitrogens with zero attached hydrogens (tertiary/aromatic N) is 3. The van der Waals surface area contributed by atoms with Gasteiger partial charge in [-0.1, -0.05) is 67.4 Å². The van der Waals surface area contributed by atoms with Crippen molar-refractivity contribution in [1.29, 1.82) is 0 Å². The minimum atomic E-state index is -1.48. The minimum Gasteiger partial charge on any atom is -0.496 e. The zero-order chi connectivity index (χ0) is 48.0. The second kappa shape index (κ2) is 23.4. The zero-order valence-electron chi connectivity index (χ0n) is 38.7. The van der Waals surface area contributed by atoms with Crippen LogP contribution in [0.2, 0.25) is 0 Å². The molecule has 2 N–H and O–H groups in total. The molecule has 0 radical (unpaired) electrons. The monoisotopic (exact) mass is 927 g/mol. The Labute approximate surface area is 397 Å². The van der Waals surface area contributed by atoms with Crippen molar-refractivity contribution in [2.75, 3.05) is 33.5 Å². The van der Waals surface area contributed by atoms with Gasteiger partial charge in [-0.25, -0.2) is 0 Å². The lowest BCUT2D eigenvalue weighted by atomic mass is 9.55. The maximum Gasteiger partial charge on any atom is 0.269 e. The molecule has 4 aromatic rings. The van der Waals surface area contributed by atoms with Crippen LogP contribution >= 0.6 is 0 Å². The van der Waals surface area contributed by atoms with Gasteiger partial charge in [0.15, 0.2) is 6.29 Å². The topological polar surface area (TPSA) is 179 Å². The van der Waals surface area contributed by atoms with E-state index < -0.39 is 22.7 Å². The quantitative estimate of drug-likeness (QED) is 0.0171. The van der Waals surface area contributed by atoms with Crippen LogP contribution < -0.4 is 14.2 Å². The van der Waals surface area contributed by atoms with Crippen molar-refractivity contribution in [3.63, 3.8) is 0 Å². The summed E-state index contributed by atoms with van der Waals surface area (Å²) in [6.07, 6.45) is 12.9. The van der Waals surface area contributed by atoms with Crippen LogP contribution in [0.15, 0.2) is 127 Å². The second-order valence-corrected chi connectivity index (χ2v) is 17.4. The summed E-state index contributed by atoms with van der Waals surface area (Å²) >= 11 is 0. The predicted octanol–water partition coefficient (Wildman–Crippen LogP) is 9.99. The molecular formula is C54H61N3O11. The van der Waals surface area contributed by atoms with Crippen molar-refractivity contribution in [2.45, 2.75) is 82.6 Å². The number of fused-ring (bicyclic) bond motifs is 2. The first-order valence-electron chi connectivity index (χ1n) is 23.5. The first-order valence-corrected chi connectivity index (χ1v) is 23.5. The number of oxime groups is 1. The summed E-state index contributed by atoms with van der Waals surface area (Å²) in [5.74, 6) is -0.717. The lowest BCUT2D eigenvalue weighted by Gasteiger charge is -2.60. The maximum atomic E-state index is 14.8. The fourth-order valence-corrected chi connectivity index (χ4v) is 10.1. The Morgan fingerprint density at radius 3 is 2.41 bits per heavy atom. The molecule has 0 spiro atoms. The Hall–Kier alpha value is -6.61. The Balaban J connectivity index is 1.42. The first-order chi connectivity index (χ1) is 33.2. The van der Waals surface area contributed by atoms with Crippen LogP contribution in [0.1, 0.15) is 91.3 Å². The van der Waals surface area contributed by atoms with E-state index in [1.165, 1.54) is 25.3 Å². The molecule has 2 aliphatic carbocycles. The maximum absolute atomic E-state index is 14.8. The van der Waals surface area contributed by atoms with Crippen molar-refractivity contribution in [2.24, 2.45) is 22.9 Å². The molecule has 0 unspecified atom stereocenters. The van der Waals surface area contributed by atoms with E-state index in [1.807, 2.05) is 55.5 Å². The van der Waals surface area contributed by atoms with Crippen molar-refractivity contribution < 1.29 is 48.5 Å². The lowest BCUT2D eigenvalue weighted by molar-refractivity contribution is -0.384. The summed E-state index contributed by atoms with van der Waals surface area (Å²) in [6, 6.07) is 25.8. The van der Waals surface area contributed by atoms with Crippen LogP contribution in [0.25, 0.3) is 6.08 Å². The smallest absolute Gasteiger partial charge is 0.269 e. The number of carbonyl (C=O) groups is 2. The molecule has 0 saturated heterocycles. The molecule has 7 rings (SSSR count). The van der Waals surface area contributed by atoms with Gasteiger partial charge in [0.05, 0.1) is 35.8 Å². The van der Waals surface area contributed by atoms with Gasteiger partial charge in [0.1, 0.15) is 35.6 Å². The SMILES string of the molecule is C=CCO[C@@]12Oc3ccc(Oc4ccc(OC)c(C=O)c4)cc3[C@H]3[C@H](CCCCO)[C@@H](CCCCO)C=C(C(=NOCc4ccccc4)C[C@@H]1N(CCC)C(=O)C=Cc1ccc([N+](=O)[O-])cc1)[C@H]32.